The van der Waals surface area contributed by atoms with Crippen LogP contribution in [-0.4, -0.2) is 28.6 Å². The number of amides is 1. The summed E-state index contributed by atoms with van der Waals surface area (Å²) >= 11 is 0. The number of phenols is 1. The number of nitrogens with zero attached hydrogens (tertiary/aromatic N) is 1. The van der Waals surface area contributed by atoms with Crippen molar-refractivity contribution in [3.63, 3.8) is 0 Å². The Balaban J connectivity index is 2.26. The minimum Gasteiger partial charge on any atom is -0.508 e. The van der Waals surface area contributed by atoms with E-state index in [0.29, 0.717) is 25.1 Å². The van der Waals surface area contributed by atoms with E-state index in [0.717, 1.165) is 0 Å². The van der Waals surface area contributed by atoms with Crippen LogP contribution in [0.15, 0.2) is 24.3 Å². The third-order valence-corrected chi connectivity index (χ3v) is 4.16. The predicted molar refractivity (Wildman–Crippen MR) is 79.1 cm³/mol. The Labute approximate surface area is 124 Å². The van der Waals surface area contributed by atoms with Crippen LogP contribution in [0.5, 0.6) is 5.75 Å². The van der Waals surface area contributed by atoms with Crippen LogP contribution >= 0.6 is 0 Å². The Morgan fingerprint density at radius 1 is 1.29 bits per heavy atom. The van der Waals surface area contributed by atoms with Gasteiger partial charge in [0.2, 0.25) is 5.91 Å². The highest BCUT2D eigenvalue weighted by Crippen LogP contribution is 2.38. The zero-order valence-corrected chi connectivity index (χ0v) is 12.3. The van der Waals surface area contributed by atoms with E-state index in [1.165, 1.54) is 6.07 Å². The molecule has 114 valence electrons. The van der Waals surface area contributed by atoms with Gasteiger partial charge in [0.1, 0.15) is 5.75 Å². The molecule has 21 heavy (non-hydrogen) atoms. The maximum absolute atomic E-state index is 12.7. The molecule has 5 heteroatoms. The van der Waals surface area contributed by atoms with Crippen molar-refractivity contribution in [1.82, 2.24) is 0 Å². The van der Waals surface area contributed by atoms with Crippen molar-refractivity contribution in [3.05, 3.63) is 24.3 Å². The van der Waals surface area contributed by atoms with Crippen LogP contribution in [0.25, 0.3) is 0 Å². The summed E-state index contributed by atoms with van der Waals surface area (Å²) in [4.78, 5) is 25.6. The fourth-order valence-corrected chi connectivity index (χ4v) is 3.16. The molecular formula is C16H21NO4. The molecule has 1 amide bonds. The van der Waals surface area contributed by atoms with E-state index in [1.54, 1.807) is 23.1 Å². The summed E-state index contributed by atoms with van der Waals surface area (Å²) in [5.41, 5.74) is 0.603. The number of carboxylic acid groups (broad SMARTS) is 1. The number of carbonyl (C=O) groups is 2. The third kappa shape index (κ3) is 3.17. The Morgan fingerprint density at radius 2 is 1.95 bits per heavy atom. The van der Waals surface area contributed by atoms with Gasteiger partial charge in [0.15, 0.2) is 0 Å². The van der Waals surface area contributed by atoms with Crippen molar-refractivity contribution < 1.29 is 19.8 Å². The minimum absolute atomic E-state index is 0.0910. The number of aromatic hydroxyl groups is 1. The Morgan fingerprint density at radius 3 is 2.52 bits per heavy atom. The lowest BCUT2D eigenvalue weighted by molar-refractivity contribution is -0.145. The molecule has 0 aliphatic heterocycles. The van der Waals surface area contributed by atoms with E-state index in [1.807, 2.05) is 13.8 Å². The first-order valence-corrected chi connectivity index (χ1v) is 7.27. The summed E-state index contributed by atoms with van der Waals surface area (Å²) < 4.78 is 0. The van der Waals surface area contributed by atoms with Gasteiger partial charge in [-0.3, -0.25) is 9.59 Å². The molecule has 0 heterocycles. The molecule has 0 radical (unpaired) electrons. The van der Waals surface area contributed by atoms with E-state index in [-0.39, 0.29) is 17.6 Å². The fourth-order valence-electron chi connectivity index (χ4n) is 3.16. The average Bonchev–Trinajstić information content (AvgIpc) is 2.82. The first-order valence-electron chi connectivity index (χ1n) is 7.27. The second-order valence-electron chi connectivity index (χ2n) is 5.73. The smallest absolute Gasteiger partial charge is 0.307 e. The highest BCUT2D eigenvalue weighted by atomic mass is 16.4. The van der Waals surface area contributed by atoms with E-state index >= 15 is 0 Å². The highest BCUT2D eigenvalue weighted by Gasteiger charge is 2.42. The van der Waals surface area contributed by atoms with Crippen molar-refractivity contribution in [1.29, 1.82) is 0 Å². The van der Waals surface area contributed by atoms with Gasteiger partial charge in [0.25, 0.3) is 0 Å². The molecule has 5 nitrogen and oxygen atoms in total. The highest BCUT2D eigenvalue weighted by molar-refractivity contribution is 5.97. The maximum atomic E-state index is 12.7. The number of hydrogen-bond acceptors (Lipinski definition) is 3. The van der Waals surface area contributed by atoms with Gasteiger partial charge in [-0.15, -0.1) is 0 Å². The molecule has 0 bridgehead atoms. The SMILES string of the molecule is CCN(C(=O)C1CC(C)CC1C(=O)O)c1cccc(O)c1. The quantitative estimate of drug-likeness (QED) is 0.893. The van der Waals surface area contributed by atoms with Crippen LogP contribution < -0.4 is 4.90 Å². The van der Waals surface area contributed by atoms with Crippen LogP contribution in [0, 0.1) is 17.8 Å². The maximum Gasteiger partial charge on any atom is 0.307 e. The molecule has 1 fully saturated rings. The van der Waals surface area contributed by atoms with Crippen molar-refractivity contribution in [2.75, 3.05) is 11.4 Å². The van der Waals surface area contributed by atoms with Gasteiger partial charge in [0.05, 0.1) is 11.8 Å². The number of carboxylic acids is 1. The molecule has 1 aromatic carbocycles. The van der Waals surface area contributed by atoms with Crippen LogP contribution in [-0.2, 0) is 9.59 Å². The van der Waals surface area contributed by atoms with E-state index in [9.17, 15) is 19.8 Å². The zero-order valence-electron chi connectivity index (χ0n) is 12.3. The van der Waals surface area contributed by atoms with Crippen molar-refractivity contribution in [3.8, 4) is 5.75 Å². The summed E-state index contributed by atoms with van der Waals surface area (Å²) in [7, 11) is 0. The Bertz CT molecular complexity index is 543. The van der Waals surface area contributed by atoms with E-state index in [4.69, 9.17) is 0 Å². The predicted octanol–water partition coefficient (Wildman–Crippen LogP) is 2.49. The van der Waals surface area contributed by atoms with Gasteiger partial charge < -0.3 is 15.1 Å². The molecule has 1 aliphatic carbocycles. The lowest BCUT2D eigenvalue weighted by atomic mass is 9.94. The summed E-state index contributed by atoms with van der Waals surface area (Å²) in [5, 5.41) is 18.9. The van der Waals surface area contributed by atoms with Crippen LogP contribution in [0.4, 0.5) is 5.69 Å². The number of rotatable bonds is 4. The molecule has 3 atom stereocenters. The summed E-state index contributed by atoms with van der Waals surface area (Å²) in [6.45, 7) is 4.27. The topological polar surface area (TPSA) is 77.8 Å². The molecule has 0 aromatic heterocycles. The molecule has 2 rings (SSSR count). The number of aliphatic carboxylic acids is 1. The second kappa shape index (κ2) is 6.16. The van der Waals surface area contributed by atoms with Gasteiger partial charge >= 0.3 is 5.97 Å². The van der Waals surface area contributed by atoms with Gasteiger partial charge in [-0.25, -0.2) is 0 Å². The fraction of sp³-hybridized carbons (Fsp3) is 0.500. The molecule has 1 saturated carbocycles. The lowest BCUT2D eigenvalue weighted by Gasteiger charge is -2.26. The number of anilines is 1. The molecule has 3 unspecified atom stereocenters. The third-order valence-electron chi connectivity index (χ3n) is 4.16. The van der Waals surface area contributed by atoms with Crippen LogP contribution in [0.1, 0.15) is 26.7 Å². The Hall–Kier alpha value is -2.04. The number of phenolic OH excluding ortho intramolecular Hbond substituents is 1. The summed E-state index contributed by atoms with van der Waals surface area (Å²) in [5.74, 6) is -1.83. The molecule has 2 N–H and O–H groups in total. The van der Waals surface area contributed by atoms with Gasteiger partial charge in [0, 0.05) is 18.3 Å². The largest absolute Gasteiger partial charge is 0.508 e. The van der Waals surface area contributed by atoms with Crippen molar-refractivity contribution in [2.45, 2.75) is 26.7 Å². The zero-order chi connectivity index (χ0) is 15.6. The molecular weight excluding hydrogens is 270 g/mol. The number of benzene rings is 1. The van der Waals surface area contributed by atoms with Gasteiger partial charge in [-0.2, -0.15) is 0 Å². The normalized spacial score (nSPS) is 24.8. The number of hydrogen-bond donors (Lipinski definition) is 2. The van der Waals surface area contributed by atoms with Crippen LogP contribution in [0.3, 0.4) is 0 Å². The number of carbonyl (C=O) groups excluding carboxylic acids is 1. The lowest BCUT2D eigenvalue weighted by Crippen LogP contribution is -2.39. The van der Waals surface area contributed by atoms with Gasteiger partial charge in [-0.1, -0.05) is 13.0 Å². The second-order valence-corrected chi connectivity index (χ2v) is 5.73. The summed E-state index contributed by atoms with van der Waals surface area (Å²) in [6, 6.07) is 6.48. The van der Waals surface area contributed by atoms with Crippen molar-refractivity contribution in [2.24, 2.45) is 17.8 Å². The van der Waals surface area contributed by atoms with Crippen molar-refractivity contribution >= 4 is 17.6 Å². The monoisotopic (exact) mass is 291 g/mol. The molecule has 0 saturated heterocycles. The molecule has 1 aliphatic rings. The van der Waals surface area contributed by atoms with Gasteiger partial charge in [-0.05, 0) is 37.8 Å². The average molecular weight is 291 g/mol. The van der Waals surface area contributed by atoms with E-state index in [2.05, 4.69) is 0 Å². The molecule has 1 aromatic rings. The Kier molecular flexibility index (Phi) is 4.50. The minimum atomic E-state index is -0.898. The standard InChI is InChI=1S/C16H21NO4/c1-3-17(11-5-4-6-12(18)9-11)15(19)13-7-10(2)8-14(13)16(20)21/h4-6,9-10,13-14,18H,3,7-8H2,1-2H3,(H,20,21). The first kappa shape index (κ1) is 15.4. The summed E-state index contributed by atoms with van der Waals surface area (Å²) in [6.07, 6.45) is 1.15. The van der Waals surface area contributed by atoms with Crippen LogP contribution in [0.2, 0.25) is 0 Å². The first-order chi connectivity index (χ1) is 9.93. The van der Waals surface area contributed by atoms with E-state index < -0.39 is 17.8 Å². The molecule has 0 spiro atoms.